The Morgan fingerprint density at radius 2 is 1.90 bits per heavy atom. The minimum Gasteiger partial charge on any atom is -0.493 e. The maximum Gasteiger partial charge on any atom is 0.282 e. The van der Waals surface area contributed by atoms with Crippen LogP contribution >= 0.6 is 15.9 Å². The molecule has 208 valence electrons. The minimum atomic E-state index is -0.336. The van der Waals surface area contributed by atoms with Crippen molar-refractivity contribution < 1.29 is 23.4 Å². The van der Waals surface area contributed by atoms with Gasteiger partial charge in [0.05, 0.1) is 37.4 Å². The molecule has 6 rings (SSSR count). The SMILES string of the molecule is COc1cc(C=Nn2c(-c3cc4cc(Br)ccc4o3)nc3ccccc3c2=O)ccc1OCC(=O)N1CCOCC1. The number of halogens is 1. The molecule has 3 heterocycles. The van der Waals surface area contributed by atoms with Crippen LogP contribution in [0.25, 0.3) is 33.5 Å². The van der Waals surface area contributed by atoms with Crippen LogP contribution in [0.5, 0.6) is 11.5 Å². The van der Waals surface area contributed by atoms with Crippen LogP contribution in [0.1, 0.15) is 5.56 Å². The summed E-state index contributed by atoms with van der Waals surface area (Å²) in [6, 6.07) is 19.8. The molecular weight excluding hydrogens is 592 g/mol. The van der Waals surface area contributed by atoms with Crippen LogP contribution in [0.15, 0.2) is 85.5 Å². The van der Waals surface area contributed by atoms with Gasteiger partial charge in [-0.15, -0.1) is 0 Å². The van der Waals surface area contributed by atoms with Crippen molar-refractivity contribution in [2.45, 2.75) is 0 Å². The van der Waals surface area contributed by atoms with E-state index in [-0.39, 0.29) is 23.9 Å². The Bertz CT molecular complexity index is 1840. The Hall–Kier alpha value is -4.48. The van der Waals surface area contributed by atoms with E-state index >= 15 is 0 Å². The highest BCUT2D eigenvalue weighted by molar-refractivity contribution is 9.10. The fourth-order valence-electron chi connectivity index (χ4n) is 4.57. The molecule has 0 atom stereocenters. The molecule has 0 N–H and O–H groups in total. The topological polar surface area (TPSA) is 108 Å². The highest BCUT2D eigenvalue weighted by atomic mass is 79.9. The number of hydrogen-bond acceptors (Lipinski definition) is 8. The summed E-state index contributed by atoms with van der Waals surface area (Å²) >= 11 is 3.48. The first-order valence-electron chi connectivity index (χ1n) is 12.9. The van der Waals surface area contributed by atoms with E-state index < -0.39 is 0 Å². The number of furan rings is 1. The van der Waals surface area contributed by atoms with Crippen molar-refractivity contribution in [3.05, 3.63) is 87.1 Å². The minimum absolute atomic E-state index is 0.112. The number of para-hydroxylation sites is 1. The number of carbonyl (C=O) groups is 1. The number of carbonyl (C=O) groups excluding carboxylic acids is 1. The molecule has 3 aromatic carbocycles. The van der Waals surface area contributed by atoms with E-state index in [2.05, 4.69) is 21.0 Å². The van der Waals surface area contributed by atoms with Crippen molar-refractivity contribution in [1.82, 2.24) is 14.6 Å². The van der Waals surface area contributed by atoms with E-state index in [4.69, 9.17) is 23.6 Å². The maximum atomic E-state index is 13.5. The van der Waals surface area contributed by atoms with Gasteiger partial charge in [0.25, 0.3) is 11.5 Å². The van der Waals surface area contributed by atoms with Crippen LogP contribution in [-0.4, -0.2) is 66.7 Å². The Morgan fingerprint density at radius 1 is 1.07 bits per heavy atom. The quantitative estimate of drug-likeness (QED) is 0.244. The van der Waals surface area contributed by atoms with Crippen molar-refractivity contribution in [1.29, 1.82) is 0 Å². The number of morpholine rings is 1. The van der Waals surface area contributed by atoms with Gasteiger partial charge in [-0.05, 0) is 60.2 Å². The fourth-order valence-corrected chi connectivity index (χ4v) is 4.95. The first kappa shape index (κ1) is 26.7. The first-order valence-corrected chi connectivity index (χ1v) is 13.7. The first-order chi connectivity index (χ1) is 20.0. The van der Waals surface area contributed by atoms with Crippen molar-refractivity contribution in [2.24, 2.45) is 5.10 Å². The van der Waals surface area contributed by atoms with Gasteiger partial charge in [0.15, 0.2) is 23.9 Å². The molecule has 0 bridgehead atoms. The van der Waals surface area contributed by atoms with Gasteiger partial charge in [-0.25, -0.2) is 4.98 Å². The van der Waals surface area contributed by atoms with E-state index in [0.29, 0.717) is 65.6 Å². The summed E-state index contributed by atoms with van der Waals surface area (Å²) in [5.74, 6) is 1.41. The highest BCUT2D eigenvalue weighted by Crippen LogP contribution is 2.30. The second-order valence-electron chi connectivity index (χ2n) is 9.30. The average Bonchev–Trinajstić information content (AvgIpc) is 3.43. The molecular formula is C30H25BrN4O6. The van der Waals surface area contributed by atoms with Crippen LogP contribution in [0, 0.1) is 0 Å². The van der Waals surface area contributed by atoms with E-state index in [1.807, 2.05) is 30.3 Å². The largest absolute Gasteiger partial charge is 0.493 e. The standard InChI is InChI=1S/C30H25BrN4O6/c1-38-26-14-19(6-8-25(26)40-18-28(36)34-10-12-39-13-11-34)17-32-35-29(33-23-5-3-2-4-22(23)30(35)37)27-16-20-15-21(31)7-9-24(20)41-27/h2-9,14-17H,10-13,18H2,1H3. The van der Waals surface area contributed by atoms with Crippen LogP contribution in [0.2, 0.25) is 0 Å². The number of fused-ring (bicyclic) bond motifs is 2. The smallest absolute Gasteiger partial charge is 0.282 e. The molecule has 0 spiro atoms. The summed E-state index contributed by atoms with van der Waals surface area (Å²) in [5, 5.41) is 5.80. The highest BCUT2D eigenvalue weighted by Gasteiger charge is 2.19. The van der Waals surface area contributed by atoms with Crippen LogP contribution in [0.4, 0.5) is 0 Å². The molecule has 1 aliphatic rings. The van der Waals surface area contributed by atoms with Crippen molar-refractivity contribution in [3.8, 4) is 23.1 Å². The fraction of sp³-hybridized carbons (Fsp3) is 0.200. The van der Waals surface area contributed by atoms with Gasteiger partial charge in [-0.3, -0.25) is 9.59 Å². The lowest BCUT2D eigenvalue weighted by Crippen LogP contribution is -2.43. The molecule has 1 fully saturated rings. The van der Waals surface area contributed by atoms with E-state index in [1.165, 1.54) is 18.0 Å². The van der Waals surface area contributed by atoms with Crippen molar-refractivity contribution in [3.63, 3.8) is 0 Å². The number of benzene rings is 3. The molecule has 2 aromatic heterocycles. The van der Waals surface area contributed by atoms with Gasteiger partial charge < -0.3 is 23.5 Å². The summed E-state index contributed by atoms with van der Waals surface area (Å²) in [5.41, 5.74) is 1.51. The molecule has 5 aromatic rings. The second kappa shape index (κ2) is 11.6. The van der Waals surface area contributed by atoms with Gasteiger partial charge in [0, 0.05) is 22.9 Å². The van der Waals surface area contributed by atoms with Gasteiger partial charge in [0.1, 0.15) is 5.58 Å². The summed E-state index contributed by atoms with van der Waals surface area (Å²) in [6.07, 6.45) is 1.53. The molecule has 1 amide bonds. The zero-order valence-electron chi connectivity index (χ0n) is 22.1. The summed E-state index contributed by atoms with van der Waals surface area (Å²) in [6.45, 7) is 2.03. The Kier molecular flexibility index (Phi) is 7.53. The number of hydrogen-bond donors (Lipinski definition) is 0. The number of rotatable bonds is 7. The van der Waals surface area contributed by atoms with Crippen LogP contribution in [0.3, 0.4) is 0 Å². The van der Waals surface area contributed by atoms with Crippen LogP contribution < -0.4 is 15.0 Å². The lowest BCUT2D eigenvalue weighted by molar-refractivity contribution is -0.137. The molecule has 0 saturated carbocycles. The zero-order chi connectivity index (χ0) is 28.3. The van der Waals surface area contributed by atoms with E-state index in [0.717, 1.165) is 9.86 Å². The summed E-state index contributed by atoms with van der Waals surface area (Å²) < 4.78 is 24.8. The number of ether oxygens (including phenoxy) is 3. The van der Waals surface area contributed by atoms with Crippen molar-refractivity contribution in [2.75, 3.05) is 40.0 Å². The Morgan fingerprint density at radius 3 is 2.73 bits per heavy atom. The third-order valence-corrected chi connectivity index (χ3v) is 7.17. The number of methoxy groups -OCH3 is 1. The third kappa shape index (κ3) is 5.59. The van der Waals surface area contributed by atoms with E-state index in [9.17, 15) is 9.59 Å². The monoisotopic (exact) mass is 616 g/mol. The number of aromatic nitrogens is 2. The van der Waals surface area contributed by atoms with Gasteiger partial charge in [-0.2, -0.15) is 9.78 Å². The molecule has 0 unspecified atom stereocenters. The summed E-state index contributed by atoms with van der Waals surface area (Å²) in [7, 11) is 1.52. The Labute approximate surface area is 242 Å². The normalized spacial score (nSPS) is 13.8. The molecule has 11 heteroatoms. The zero-order valence-corrected chi connectivity index (χ0v) is 23.7. The van der Waals surface area contributed by atoms with Crippen LogP contribution in [-0.2, 0) is 9.53 Å². The molecule has 1 aliphatic heterocycles. The second-order valence-corrected chi connectivity index (χ2v) is 10.2. The lowest BCUT2D eigenvalue weighted by atomic mass is 10.2. The average molecular weight is 617 g/mol. The molecule has 41 heavy (non-hydrogen) atoms. The predicted octanol–water partition coefficient (Wildman–Crippen LogP) is 4.70. The van der Waals surface area contributed by atoms with Gasteiger partial charge >= 0.3 is 0 Å². The summed E-state index contributed by atoms with van der Waals surface area (Å²) in [4.78, 5) is 32.5. The maximum absolute atomic E-state index is 13.5. The third-order valence-electron chi connectivity index (χ3n) is 6.68. The molecule has 0 radical (unpaired) electrons. The number of nitrogens with zero attached hydrogens (tertiary/aromatic N) is 4. The Balaban J connectivity index is 1.32. The predicted molar refractivity (Wildman–Crippen MR) is 158 cm³/mol. The lowest BCUT2D eigenvalue weighted by Gasteiger charge is -2.26. The molecule has 0 aliphatic carbocycles. The van der Waals surface area contributed by atoms with Gasteiger partial charge in [-0.1, -0.05) is 28.1 Å². The molecule has 1 saturated heterocycles. The number of amides is 1. The molecule has 10 nitrogen and oxygen atoms in total. The van der Waals surface area contributed by atoms with Gasteiger partial charge in [0.2, 0.25) is 5.82 Å². The van der Waals surface area contributed by atoms with E-state index in [1.54, 1.807) is 41.3 Å². The van der Waals surface area contributed by atoms with Crippen molar-refractivity contribution >= 4 is 49.9 Å².